The van der Waals surface area contributed by atoms with Crippen LogP contribution in [-0.4, -0.2) is 12.4 Å². The Bertz CT molecular complexity index is 275. The van der Waals surface area contributed by atoms with Gasteiger partial charge in [0.05, 0.1) is 7.11 Å². The summed E-state index contributed by atoms with van der Waals surface area (Å²) in [6.45, 7) is 0. The van der Waals surface area contributed by atoms with Crippen molar-refractivity contribution in [3.05, 3.63) is 29.8 Å². The van der Waals surface area contributed by atoms with Crippen molar-refractivity contribution in [2.24, 2.45) is 0 Å². The highest BCUT2D eigenvalue weighted by Crippen LogP contribution is 2.40. The quantitative estimate of drug-likeness (QED) is 0.712. The standard InChI is InChI=1S/C11H14OS/c1-12-10-4-2-8(3-5-10)9-6-11(13)7-9/h2-5,9,11,13H,6-7H2,1H3. The smallest absolute Gasteiger partial charge is 0.118 e. The van der Waals surface area contributed by atoms with Crippen molar-refractivity contribution in [2.75, 3.05) is 7.11 Å². The summed E-state index contributed by atoms with van der Waals surface area (Å²) in [5, 5.41) is 0.618. The monoisotopic (exact) mass is 194 g/mol. The highest BCUT2D eigenvalue weighted by Gasteiger charge is 2.27. The average molecular weight is 194 g/mol. The first-order chi connectivity index (χ1) is 6.29. The van der Waals surface area contributed by atoms with E-state index in [1.54, 1.807) is 7.11 Å². The summed E-state index contributed by atoms with van der Waals surface area (Å²) in [5.41, 5.74) is 1.42. The van der Waals surface area contributed by atoms with Crippen LogP contribution in [0, 0.1) is 0 Å². The molecule has 0 aliphatic heterocycles. The fourth-order valence-electron chi connectivity index (χ4n) is 1.74. The Kier molecular flexibility index (Phi) is 2.49. The summed E-state index contributed by atoms with van der Waals surface area (Å²) in [5.74, 6) is 1.67. The molecule has 2 heteroatoms. The fourth-order valence-corrected chi connectivity index (χ4v) is 2.25. The summed E-state index contributed by atoms with van der Waals surface area (Å²) >= 11 is 4.41. The molecular weight excluding hydrogens is 180 g/mol. The minimum absolute atomic E-state index is 0.618. The number of thiol groups is 1. The molecule has 1 aliphatic rings. The molecule has 1 fully saturated rings. The zero-order valence-electron chi connectivity index (χ0n) is 7.73. The Morgan fingerprint density at radius 2 is 1.85 bits per heavy atom. The Balaban J connectivity index is 2.06. The predicted octanol–water partition coefficient (Wildman–Crippen LogP) is 2.87. The second-order valence-electron chi connectivity index (χ2n) is 3.60. The van der Waals surface area contributed by atoms with Gasteiger partial charge in [0.1, 0.15) is 5.75 Å². The normalized spacial score (nSPS) is 26.6. The zero-order valence-corrected chi connectivity index (χ0v) is 8.63. The number of hydrogen-bond acceptors (Lipinski definition) is 2. The van der Waals surface area contributed by atoms with Crippen LogP contribution in [0.25, 0.3) is 0 Å². The largest absolute Gasteiger partial charge is 0.497 e. The van der Waals surface area contributed by atoms with Crippen molar-refractivity contribution < 1.29 is 4.74 Å². The molecule has 0 spiro atoms. The van der Waals surface area contributed by atoms with Crippen LogP contribution >= 0.6 is 12.6 Å². The first kappa shape index (κ1) is 8.95. The van der Waals surface area contributed by atoms with Gasteiger partial charge in [-0.25, -0.2) is 0 Å². The van der Waals surface area contributed by atoms with Gasteiger partial charge in [0.25, 0.3) is 0 Å². The molecule has 1 nitrogen and oxygen atoms in total. The second-order valence-corrected chi connectivity index (χ2v) is 4.33. The number of hydrogen-bond donors (Lipinski definition) is 1. The number of methoxy groups -OCH3 is 1. The van der Waals surface area contributed by atoms with Gasteiger partial charge in [-0.3, -0.25) is 0 Å². The molecule has 0 radical (unpaired) electrons. The van der Waals surface area contributed by atoms with Crippen LogP contribution in [0.5, 0.6) is 5.75 Å². The van der Waals surface area contributed by atoms with Crippen LogP contribution in [0.2, 0.25) is 0 Å². The third-order valence-corrected chi connectivity index (χ3v) is 3.12. The van der Waals surface area contributed by atoms with Gasteiger partial charge in [0.2, 0.25) is 0 Å². The van der Waals surface area contributed by atoms with Crippen LogP contribution < -0.4 is 4.74 Å². The second kappa shape index (κ2) is 3.62. The third-order valence-electron chi connectivity index (χ3n) is 2.70. The number of rotatable bonds is 2. The topological polar surface area (TPSA) is 9.23 Å². The highest BCUT2D eigenvalue weighted by molar-refractivity contribution is 7.81. The lowest BCUT2D eigenvalue weighted by Gasteiger charge is -2.32. The summed E-state index contributed by atoms with van der Waals surface area (Å²) in [6.07, 6.45) is 2.44. The van der Waals surface area contributed by atoms with Gasteiger partial charge >= 0.3 is 0 Å². The Hall–Kier alpha value is -0.630. The highest BCUT2D eigenvalue weighted by atomic mass is 32.1. The lowest BCUT2D eigenvalue weighted by molar-refractivity contribution is 0.412. The molecule has 0 unspecified atom stereocenters. The summed E-state index contributed by atoms with van der Waals surface area (Å²) in [7, 11) is 1.70. The molecular formula is C11H14OS. The van der Waals surface area contributed by atoms with Crippen LogP contribution in [-0.2, 0) is 0 Å². The van der Waals surface area contributed by atoms with E-state index in [1.807, 2.05) is 12.1 Å². The van der Waals surface area contributed by atoms with Crippen molar-refractivity contribution in [1.29, 1.82) is 0 Å². The molecule has 1 aliphatic carbocycles. The molecule has 0 saturated heterocycles. The number of ether oxygens (including phenoxy) is 1. The van der Waals surface area contributed by atoms with E-state index in [1.165, 1.54) is 18.4 Å². The molecule has 0 amide bonds. The van der Waals surface area contributed by atoms with Gasteiger partial charge in [0, 0.05) is 5.25 Å². The average Bonchev–Trinajstić information content (AvgIpc) is 2.13. The van der Waals surface area contributed by atoms with E-state index in [0.29, 0.717) is 5.25 Å². The van der Waals surface area contributed by atoms with Gasteiger partial charge in [0.15, 0.2) is 0 Å². The Morgan fingerprint density at radius 1 is 1.23 bits per heavy atom. The molecule has 0 atom stereocenters. The maximum Gasteiger partial charge on any atom is 0.118 e. The molecule has 0 heterocycles. The van der Waals surface area contributed by atoms with E-state index in [9.17, 15) is 0 Å². The van der Waals surface area contributed by atoms with E-state index in [2.05, 4.69) is 24.8 Å². The summed E-state index contributed by atoms with van der Waals surface area (Å²) < 4.78 is 5.11. The van der Waals surface area contributed by atoms with E-state index in [0.717, 1.165) is 11.7 Å². The van der Waals surface area contributed by atoms with Gasteiger partial charge < -0.3 is 4.74 Å². The molecule has 70 valence electrons. The molecule has 0 N–H and O–H groups in total. The maximum absolute atomic E-state index is 5.11. The van der Waals surface area contributed by atoms with Crippen LogP contribution in [0.4, 0.5) is 0 Å². The first-order valence-electron chi connectivity index (χ1n) is 4.61. The molecule has 0 aromatic heterocycles. The summed E-state index contributed by atoms with van der Waals surface area (Å²) in [6, 6.07) is 8.37. The predicted molar refractivity (Wildman–Crippen MR) is 57.7 cm³/mol. The lowest BCUT2D eigenvalue weighted by atomic mass is 9.79. The fraction of sp³-hybridized carbons (Fsp3) is 0.455. The molecule has 2 rings (SSSR count). The van der Waals surface area contributed by atoms with Crippen molar-refractivity contribution in [3.8, 4) is 5.75 Å². The van der Waals surface area contributed by atoms with E-state index in [-0.39, 0.29) is 0 Å². The lowest BCUT2D eigenvalue weighted by Crippen LogP contribution is -2.21. The third kappa shape index (κ3) is 1.83. The Morgan fingerprint density at radius 3 is 2.31 bits per heavy atom. The van der Waals surface area contributed by atoms with Crippen molar-refractivity contribution in [3.63, 3.8) is 0 Å². The van der Waals surface area contributed by atoms with Crippen LogP contribution in [0.1, 0.15) is 24.3 Å². The summed E-state index contributed by atoms with van der Waals surface area (Å²) in [4.78, 5) is 0. The Labute approximate surface area is 84.5 Å². The minimum atomic E-state index is 0.618. The van der Waals surface area contributed by atoms with Crippen LogP contribution in [0.3, 0.4) is 0 Å². The van der Waals surface area contributed by atoms with Crippen molar-refractivity contribution in [2.45, 2.75) is 24.0 Å². The van der Waals surface area contributed by atoms with Gasteiger partial charge in [-0.05, 0) is 36.5 Å². The SMILES string of the molecule is COc1ccc(C2CC(S)C2)cc1. The number of benzene rings is 1. The van der Waals surface area contributed by atoms with Crippen LogP contribution in [0.15, 0.2) is 24.3 Å². The molecule has 0 bridgehead atoms. The molecule has 1 aromatic rings. The first-order valence-corrected chi connectivity index (χ1v) is 5.13. The van der Waals surface area contributed by atoms with E-state index < -0.39 is 0 Å². The van der Waals surface area contributed by atoms with Gasteiger partial charge in [-0.15, -0.1) is 0 Å². The van der Waals surface area contributed by atoms with E-state index in [4.69, 9.17) is 4.74 Å². The van der Waals surface area contributed by atoms with Gasteiger partial charge in [-0.2, -0.15) is 12.6 Å². The van der Waals surface area contributed by atoms with Crippen molar-refractivity contribution in [1.82, 2.24) is 0 Å². The maximum atomic E-state index is 5.11. The van der Waals surface area contributed by atoms with Gasteiger partial charge in [-0.1, -0.05) is 12.1 Å². The zero-order chi connectivity index (χ0) is 9.26. The molecule has 1 aromatic carbocycles. The minimum Gasteiger partial charge on any atom is -0.497 e. The van der Waals surface area contributed by atoms with Crippen molar-refractivity contribution >= 4 is 12.6 Å². The van der Waals surface area contributed by atoms with E-state index >= 15 is 0 Å². The molecule has 1 saturated carbocycles. The molecule has 13 heavy (non-hydrogen) atoms.